The maximum atomic E-state index is 11.2. The summed E-state index contributed by atoms with van der Waals surface area (Å²) in [5.41, 5.74) is 0.794. The van der Waals surface area contributed by atoms with Gasteiger partial charge < -0.3 is 4.74 Å². The van der Waals surface area contributed by atoms with Crippen LogP contribution < -0.4 is 0 Å². The van der Waals surface area contributed by atoms with Crippen LogP contribution in [-0.2, 0) is 4.74 Å². The summed E-state index contributed by atoms with van der Waals surface area (Å²) in [6.45, 7) is 1.81. The van der Waals surface area contributed by atoms with E-state index in [1.807, 2.05) is 6.92 Å². The van der Waals surface area contributed by atoms with Gasteiger partial charge in [-0.15, -0.1) is 11.3 Å². The molecule has 0 N–H and O–H groups in total. The highest BCUT2D eigenvalue weighted by Crippen LogP contribution is 2.23. The molecule has 0 aliphatic rings. The Morgan fingerprint density at radius 3 is 3.07 bits per heavy atom. The lowest BCUT2D eigenvalue weighted by atomic mass is 10.4. The number of aryl methyl sites for hydroxylation is 1. The Hall–Kier alpha value is -1.49. The number of fused-ring (bicyclic) bond motifs is 1. The van der Waals surface area contributed by atoms with Crippen LogP contribution in [0.25, 0.3) is 10.2 Å². The second-order valence-electron chi connectivity index (χ2n) is 2.77. The van der Waals surface area contributed by atoms with Crippen molar-refractivity contribution in [3.05, 3.63) is 23.0 Å². The van der Waals surface area contributed by atoms with Gasteiger partial charge in [0.1, 0.15) is 10.7 Å². The lowest BCUT2D eigenvalue weighted by Gasteiger charge is -1.90. The molecule has 2 rings (SSSR count). The standard InChI is InChI=1S/C9H8N2O2S/c1-5-10-4-8-6(11-5)3-7(14-8)9(12)13-2/h3-4H,1-2H3. The summed E-state index contributed by atoms with van der Waals surface area (Å²) in [6.07, 6.45) is 1.72. The average Bonchev–Trinajstić information content (AvgIpc) is 2.59. The van der Waals surface area contributed by atoms with Crippen LogP contribution in [-0.4, -0.2) is 23.0 Å². The third kappa shape index (κ3) is 1.46. The van der Waals surface area contributed by atoms with Gasteiger partial charge in [0, 0.05) is 6.20 Å². The van der Waals surface area contributed by atoms with Crippen molar-refractivity contribution in [2.75, 3.05) is 7.11 Å². The quantitative estimate of drug-likeness (QED) is 0.670. The first-order valence-electron chi connectivity index (χ1n) is 4.02. The van der Waals surface area contributed by atoms with Crippen molar-refractivity contribution in [1.82, 2.24) is 9.97 Å². The monoisotopic (exact) mass is 208 g/mol. The van der Waals surface area contributed by atoms with Crippen molar-refractivity contribution in [1.29, 1.82) is 0 Å². The molecule has 0 aromatic carbocycles. The Balaban J connectivity index is 2.56. The molecular weight excluding hydrogens is 200 g/mol. The fourth-order valence-electron chi connectivity index (χ4n) is 1.13. The van der Waals surface area contributed by atoms with Crippen molar-refractivity contribution in [2.24, 2.45) is 0 Å². The van der Waals surface area contributed by atoms with Crippen molar-refractivity contribution < 1.29 is 9.53 Å². The normalized spacial score (nSPS) is 10.4. The topological polar surface area (TPSA) is 52.1 Å². The van der Waals surface area contributed by atoms with E-state index in [0.717, 1.165) is 10.2 Å². The van der Waals surface area contributed by atoms with E-state index in [4.69, 9.17) is 0 Å². The van der Waals surface area contributed by atoms with Crippen LogP contribution in [0.2, 0.25) is 0 Å². The van der Waals surface area contributed by atoms with Crippen molar-refractivity contribution in [2.45, 2.75) is 6.92 Å². The molecule has 5 heteroatoms. The van der Waals surface area contributed by atoms with Crippen molar-refractivity contribution >= 4 is 27.5 Å². The van der Waals surface area contributed by atoms with E-state index in [1.165, 1.54) is 18.4 Å². The number of ether oxygens (including phenoxy) is 1. The van der Waals surface area contributed by atoms with Crippen molar-refractivity contribution in [3.8, 4) is 0 Å². The number of hydrogen-bond donors (Lipinski definition) is 0. The van der Waals surface area contributed by atoms with Crippen LogP contribution in [0.3, 0.4) is 0 Å². The zero-order valence-electron chi connectivity index (χ0n) is 7.77. The van der Waals surface area contributed by atoms with Crippen LogP contribution in [0.4, 0.5) is 0 Å². The molecule has 2 aromatic rings. The van der Waals surface area contributed by atoms with Crippen molar-refractivity contribution in [3.63, 3.8) is 0 Å². The SMILES string of the molecule is COC(=O)c1cc2nc(C)ncc2s1. The highest BCUT2D eigenvalue weighted by molar-refractivity contribution is 7.20. The van der Waals surface area contributed by atoms with Crippen LogP contribution in [0, 0.1) is 6.92 Å². The predicted octanol–water partition coefficient (Wildman–Crippen LogP) is 1.79. The van der Waals surface area contributed by atoms with Gasteiger partial charge in [-0.2, -0.15) is 0 Å². The smallest absolute Gasteiger partial charge is 0.348 e. The summed E-state index contributed by atoms with van der Waals surface area (Å²) < 4.78 is 5.52. The molecule has 0 fully saturated rings. The molecule has 0 radical (unpaired) electrons. The van der Waals surface area contributed by atoms with E-state index < -0.39 is 0 Å². The lowest BCUT2D eigenvalue weighted by molar-refractivity contribution is 0.0606. The van der Waals surface area contributed by atoms with Gasteiger partial charge in [0.05, 0.1) is 17.3 Å². The Kier molecular flexibility index (Phi) is 2.17. The molecule has 2 heterocycles. The van der Waals surface area contributed by atoms with Gasteiger partial charge in [-0.3, -0.25) is 0 Å². The van der Waals surface area contributed by atoms with Gasteiger partial charge >= 0.3 is 5.97 Å². The minimum Gasteiger partial charge on any atom is -0.465 e. The van der Waals surface area contributed by atoms with Gasteiger partial charge in [0.25, 0.3) is 0 Å². The summed E-state index contributed by atoms with van der Waals surface area (Å²) in [6, 6.07) is 1.72. The summed E-state index contributed by atoms with van der Waals surface area (Å²) in [5, 5.41) is 0. The molecule has 0 bridgehead atoms. The Labute approximate surface area is 84.6 Å². The van der Waals surface area contributed by atoms with Crippen LogP contribution in [0.15, 0.2) is 12.3 Å². The van der Waals surface area contributed by atoms with E-state index in [9.17, 15) is 4.79 Å². The first kappa shape index (κ1) is 9.08. The second-order valence-corrected chi connectivity index (χ2v) is 3.85. The average molecular weight is 208 g/mol. The number of carbonyl (C=O) groups excluding carboxylic acids is 1. The fraction of sp³-hybridized carbons (Fsp3) is 0.222. The van der Waals surface area contributed by atoms with Gasteiger partial charge in [-0.25, -0.2) is 14.8 Å². The highest BCUT2D eigenvalue weighted by Gasteiger charge is 2.10. The Morgan fingerprint density at radius 1 is 1.57 bits per heavy atom. The van der Waals surface area contributed by atoms with Crippen LogP contribution >= 0.6 is 11.3 Å². The maximum Gasteiger partial charge on any atom is 0.348 e. The van der Waals surface area contributed by atoms with Gasteiger partial charge in [-0.05, 0) is 13.0 Å². The number of thiophene rings is 1. The Morgan fingerprint density at radius 2 is 2.36 bits per heavy atom. The predicted molar refractivity (Wildman–Crippen MR) is 53.5 cm³/mol. The van der Waals surface area contributed by atoms with E-state index in [1.54, 1.807) is 12.3 Å². The first-order chi connectivity index (χ1) is 6.70. The van der Waals surface area contributed by atoms with Crippen LogP contribution in [0.1, 0.15) is 15.5 Å². The number of nitrogens with zero attached hydrogens (tertiary/aromatic N) is 2. The molecular formula is C9H8N2O2S. The number of hydrogen-bond acceptors (Lipinski definition) is 5. The third-order valence-corrected chi connectivity index (χ3v) is 2.82. The molecule has 0 unspecified atom stereocenters. The Bertz CT molecular complexity index is 493. The van der Waals surface area contributed by atoms with Gasteiger partial charge in [0.15, 0.2) is 0 Å². The zero-order chi connectivity index (χ0) is 10.1. The summed E-state index contributed by atoms with van der Waals surface area (Å²) >= 11 is 1.34. The second kappa shape index (κ2) is 3.34. The lowest BCUT2D eigenvalue weighted by Crippen LogP contribution is -1.96. The number of rotatable bonds is 1. The zero-order valence-corrected chi connectivity index (χ0v) is 8.59. The molecule has 0 aliphatic heterocycles. The maximum absolute atomic E-state index is 11.2. The molecule has 0 atom stereocenters. The number of aromatic nitrogens is 2. The molecule has 72 valence electrons. The number of esters is 1. The fourth-order valence-corrected chi connectivity index (χ4v) is 2.02. The first-order valence-corrected chi connectivity index (χ1v) is 4.84. The van der Waals surface area contributed by atoms with E-state index in [0.29, 0.717) is 10.7 Å². The molecule has 4 nitrogen and oxygen atoms in total. The molecule has 14 heavy (non-hydrogen) atoms. The summed E-state index contributed by atoms with van der Waals surface area (Å²) in [4.78, 5) is 20.0. The minimum atomic E-state index is -0.328. The van der Waals surface area contributed by atoms with Gasteiger partial charge in [-0.1, -0.05) is 0 Å². The molecule has 0 spiro atoms. The van der Waals surface area contributed by atoms with Gasteiger partial charge in [0.2, 0.25) is 0 Å². The molecule has 0 aliphatic carbocycles. The molecule has 0 saturated carbocycles. The summed E-state index contributed by atoms with van der Waals surface area (Å²) in [7, 11) is 1.36. The molecule has 0 saturated heterocycles. The highest BCUT2D eigenvalue weighted by atomic mass is 32.1. The number of carbonyl (C=O) groups is 1. The number of methoxy groups -OCH3 is 1. The minimum absolute atomic E-state index is 0.328. The molecule has 2 aromatic heterocycles. The van der Waals surface area contributed by atoms with Crippen LogP contribution in [0.5, 0.6) is 0 Å². The third-order valence-electron chi connectivity index (χ3n) is 1.78. The van der Waals surface area contributed by atoms with E-state index in [2.05, 4.69) is 14.7 Å². The van der Waals surface area contributed by atoms with E-state index in [-0.39, 0.29) is 5.97 Å². The van der Waals surface area contributed by atoms with E-state index >= 15 is 0 Å². The largest absolute Gasteiger partial charge is 0.465 e. The summed E-state index contributed by atoms with van der Waals surface area (Å²) in [5.74, 6) is 0.373. The molecule has 0 amide bonds.